The Hall–Kier alpha value is -0.530. The van der Waals surface area contributed by atoms with E-state index in [9.17, 15) is 4.79 Å². The van der Waals surface area contributed by atoms with Gasteiger partial charge in [0.25, 0.3) is 0 Å². The smallest absolute Gasteiger partial charge is 0.308 e. The average molecular weight is 228 g/mol. The molecular weight excluding hydrogens is 200 g/mol. The molecule has 2 nitrogen and oxygen atoms in total. The molecule has 0 aliphatic carbocycles. The summed E-state index contributed by atoms with van der Waals surface area (Å²) in [6.45, 7) is 9.04. The Morgan fingerprint density at radius 1 is 1.12 bits per heavy atom. The molecule has 0 aliphatic rings. The minimum absolute atomic E-state index is 0.0169. The Morgan fingerprint density at radius 2 is 1.81 bits per heavy atom. The minimum atomic E-state index is -0.0169. The highest BCUT2D eigenvalue weighted by molar-refractivity contribution is 5.71. The van der Waals surface area contributed by atoms with E-state index in [1.807, 2.05) is 6.92 Å². The standard InChI is InChI=1S/C14H28O2/c1-5-8-10-13(7-3)11-16-14(15)12(4)9-6-2/h12-13H,5-11H2,1-4H3. The molecule has 0 bridgehead atoms. The van der Waals surface area contributed by atoms with Gasteiger partial charge in [0, 0.05) is 0 Å². The lowest BCUT2D eigenvalue weighted by Gasteiger charge is -2.16. The first-order valence-corrected chi connectivity index (χ1v) is 6.82. The lowest BCUT2D eigenvalue weighted by atomic mass is 10.0. The molecule has 0 rings (SSSR count). The predicted octanol–water partition coefficient (Wildman–Crippen LogP) is 4.18. The number of rotatable bonds is 9. The number of unbranched alkanes of at least 4 members (excludes halogenated alkanes) is 1. The molecule has 0 aromatic rings. The van der Waals surface area contributed by atoms with Gasteiger partial charge in [-0.3, -0.25) is 4.79 Å². The number of carbonyl (C=O) groups excluding carboxylic acids is 1. The summed E-state index contributed by atoms with van der Waals surface area (Å²) in [6, 6.07) is 0. The van der Waals surface area contributed by atoms with Crippen LogP contribution >= 0.6 is 0 Å². The van der Waals surface area contributed by atoms with Gasteiger partial charge in [0.1, 0.15) is 0 Å². The van der Waals surface area contributed by atoms with E-state index in [4.69, 9.17) is 4.74 Å². The summed E-state index contributed by atoms with van der Waals surface area (Å²) in [5, 5.41) is 0. The Bertz CT molecular complexity index is 178. The molecule has 2 unspecified atom stereocenters. The average Bonchev–Trinajstić information content (AvgIpc) is 2.29. The Balaban J connectivity index is 3.78. The first-order valence-electron chi connectivity index (χ1n) is 6.82. The third-order valence-corrected chi connectivity index (χ3v) is 3.13. The Labute approximate surface area is 101 Å². The summed E-state index contributed by atoms with van der Waals surface area (Å²) in [7, 11) is 0. The predicted molar refractivity (Wildman–Crippen MR) is 68.3 cm³/mol. The van der Waals surface area contributed by atoms with Crippen LogP contribution in [0.5, 0.6) is 0 Å². The summed E-state index contributed by atoms with van der Waals surface area (Å²) in [6.07, 6.45) is 6.73. The molecule has 0 amide bonds. The first-order chi connectivity index (χ1) is 7.65. The van der Waals surface area contributed by atoms with Crippen molar-refractivity contribution in [2.45, 2.75) is 66.2 Å². The summed E-state index contributed by atoms with van der Waals surface area (Å²) in [4.78, 5) is 11.6. The fraction of sp³-hybridized carbons (Fsp3) is 0.929. The van der Waals surface area contributed by atoms with Gasteiger partial charge < -0.3 is 4.74 Å². The molecule has 0 radical (unpaired) electrons. The van der Waals surface area contributed by atoms with Gasteiger partial charge in [-0.2, -0.15) is 0 Å². The molecule has 0 saturated carbocycles. The number of hydrogen-bond donors (Lipinski definition) is 0. The number of carbonyl (C=O) groups is 1. The fourth-order valence-electron chi connectivity index (χ4n) is 1.79. The van der Waals surface area contributed by atoms with Crippen molar-refractivity contribution in [1.29, 1.82) is 0 Å². The maximum atomic E-state index is 11.6. The second-order valence-electron chi connectivity index (χ2n) is 4.74. The topological polar surface area (TPSA) is 26.3 Å². The highest BCUT2D eigenvalue weighted by Crippen LogP contribution is 2.14. The van der Waals surface area contributed by atoms with Crippen molar-refractivity contribution in [3.05, 3.63) is 0 Å². The SMILES string of the molecule is CCCCC(CC)COC(=O)C(C)CCC. The van der Waals surface area contributed by atoms with Crippen LogP contribution in [0.15, 0.2) is 0 Å². The number of hydrogen-bond acceptors (Lipinski definition) is 2. The van der Waals surface area contributed by atoms with Crippen LogP contribution in [0.25, 0.3) is 0 Å². The van der Waals surface area contributed by atoms with Gasteiger partial charge in [0.05, 0.1) is 12.5 Å². The molecular formula is C14H28O2. The zero-order valence-electron chi connectivity index (χ0n) is 11.4. The van der Waals surface area contributed by atoms with Gasteiger partial charge in [0.15, 0.2) is 0 Å². The van der Waals surface area contributed by atoms with Gasteiger partial charge in [-0.1, -0.05) is 53.4 Å². The van der Waals surface area contributed by atoms with Crippen LogP contribution in [0.2, 0.25) is 0 Å². The number of ether oxygens (including phenoxy) is 1. The van der Waals surface area contributed by atoms with Crippen LogP contribution in [0.4, 0.5) is 0 Å². The Kier molecular flexibility index (Phi) is 9.36. The van der Waals surface area contributed by atoms with Crippen molar-refractivity contribution >= 4 is 5.97 Å². The molecule has 2 atom stereocenters. The van der Waals surface area contributed by atoms with Crippen LogP contribution in [0.1, 0.15) is 66.2 Å². The number of esters is 1. The maximum absolute atomic E-state index is 11.6. The van der Waals surface area contributed by atoms with Crippen LogP contribution in [-0.4, -0.2) is 12.6 Å². The van der Waals surface area contributed by atoms with Crippen LogP contribution in [-0.2, 0) is 9.53 Å². The zero-order valence-corrected chi connectivity index (χ0v) is 11.4. The van der Waals surface area contributed by atoms with Crippen molar-refractivity contribution in [2.24, 2.45) is 11.8 Å². The van der Waals surface area contributed by atoms with Crippen molar-refractivity contribution < 1.29 is 9.53 Å². The second kappa shape index (κ2) is 9.68. The highest BCUT2D eigenvalue weighted by Gasteiger charge is 2.15. The third-order valence-electron chi connectivity index (χ3n) is 3.13. The molecule has 0 spiro atoms. The highest BCUT2D eigenvalue weighted by atomic mass is 16.5. The quantitative estimate of drug-likeness (QED) is 0.553. The van der Waals surface area contributed by atoms with E-state index in [0.29, 0.717) is 12.5 Å². The summed E-state index contributed by atoms with van der Waals surface area (Å²) < 4.78 is 5.37. The van der Waals surface area contributed by atoms with Gasteiger partial charge >= 0.3 is 5.97 Å². The summed E-state index contributed by atoms with van der Waals surface area (Å²) in [5.41, 5.74) is 0. The van der Waals surface area contributed by atoms with E-state index >= 15 is 0 Å². The molecule has 0 fully saturated rings. The molecule has 0 aromatic carbocycles. The fourth-order valence-corrected chi connectivity index (χ4v) is 1.79. The largest absolute Gasteiger partial charge is 0.465 e. The molecule has 96 valence electrons. The Morgan fingerprint density at radius 3 is 2.31 bits per heavy atom. The van der Waals surface area contributed by atoms with Gasteiger partial charge in [-0.05, 0) is 18.8 Å². The van der Waals surface area contributed by atoms with Crippen LogP contribution < -0.4 is 0 Å². The van der Waals surface area contributed by atoms with Gasteiger partial charge in [0.2, 0.25) is 0 Å². The van der Waals surface area contributed by atoms with E-state index < -0.39 is 0 Å². The zero-order chi connectivity index (χ0) is 12.4. The van der Waals surface area contributed by atoms with E-state index in [1.165, 1.54) is 19.3 Å². The summed E-state index contributed by atoms with van der Waals surface area (Å²) in [5.74, 6) is 0.600. The first kappa shape index (κ1) is 15.5. The second-order valence-corrected chi connectivity index (χ2v) is 4.74. The molecule has 0 saturated heterocycles. The molecule has 2 heteroatoms. The van der Waals surface area contributed by atoms with E-state index in [2.05, 4.69) is 20.8 Å². The molecule has 0 aliphatic heterocycles. The van der Waals surface area contributed by atoms with Crippen LogP contribution in [0, 0.1) is 11.8 Å². The van der Waals surface area contributed by atoms with Crippen molar-refractivity contribution in [2.75, 3.05) is 6.61 Å². The molecule has 0 aromatic heterocycles. The van der Waals surface area contributed by atoms with Crippen LogP contribution in [0.3, 0.4) is 0 Å². The lowest BCUT2D eigenvalue weighted by Crippen LogP contribution is -2.19. The van der Waals surface area contributed by atoms with Crippen molar-refractivity contribution in [1.82, 2.24) is 0 Å². The van der Waals surface area contributed by atoms with E-state index in [0.717, 1.165) is 19.3 Å². The van der Waals surface area contributed by atoms with E-state index in [-0.39, 0.29) is 11.9 Å². The van der Waals surface area contributed by atoms with Gasteiger partial charge in [-0.15, -0.1) is 0 Å². The third kappa shape index (κ3) is 6.86. The van der Waals surface area contributed by atoms with Crippen molar-refractivity contribution in [3.63, 3.8) is 0 Å². The lowest BCUT2D eigenvalue weighted by molar-refractivity contribution is -0.149. The molecule has 16 heavy (non-hydrogen) atoms. The molecule has 0 N–H and O–H groups in total. The summed E-state index contributed by atoms with van der Waals surface area (Å²) >= 11 is 0. The van der Waals surface area contributed by atoms with Crippen molar-refractivity contribution in [3.8, 4) is 0 Å². The normalized spacial score (nSPS) is 14.5. The molecule has 0 heterocycles. The monoisotopic (exact) mass is 228 g/mol. The minimum Gasteiger partial charge on any atom is -0.465 e. The van der Waals surface area contributed by atoms with Gasteiger partial charge in [-0.25, -0.2) is 0 Å². The maximum Gasteiger partial charge on any atom is 0.308 e. The van der Waals surface area contributed by atoms with E-state index in [1.54, 1.807) is 0 Å².